The first-order valence-corrected chi connectivity index (χ1v) is 7.94. The SMILES string of the molecule is Cn1c(=O)oc2ccc(C(=O)Cc3ccc(Br)cc3C(F)(F)F)cc21. The molecule has 1 aromatic heterocycles. The molecule has 130 valence electrons. The lowest BCUT2D eigenvalue weighted by atomic mass is 9.98. The summed E-state index contributed by atoms with van der Waals surface area (Å²) in [6.07, 6.45) is -4.96. The molecule has 8 heteroatoms. The molecule has 1 heterocycles. The van der Waals surface area contributed by atoms with Crippen molar-refractivity contribution in [1.82, 2.24) is 4.57 Å². The van der Waals surface area contributed by atoms with Gasteiger partial charge in [-0.1, -0.05) is 22.0 Å². The first kappa shape index (κ1) is 17.5. The van der Waals surface area contributed by atoms with Crippen molar-refractivity contribution >= 4 is 32.8 Å². The van der Waals surface area contributed by atoms with E-state index in [1.807, 2.05) is 0 Å². The summed E-state index contributed by atoms with van der Waals surface area (Å²) < 4.78 is 46.0. The second-order valence-electron chi connectivity index (χ2n) is 5.51. The molecule has 0 aliphatic carbocycles. The molecule has 0 fully saturated rings. The van der Waals surface area contributed by atoms with Gasteiger partial charge in [-0.3, -0.25) is 9.36 Å². The standard InChI is InChI=1S/C17H11BrF3NO3/c1-22-13-6-10(3-5-15(13)25-16(22)24)14(23)7-9-2-4-11(18)8-12(9)17(19,20)21/h2-6,8H,7H2,1H3. The Balaban J connectivity index is 1.98. The first-order chi connectivity index (χ1) is 11.7. The molecule has 0 bridgehead atoms. The highest BCUT2D eigenvalue weighted by molar-refractivity contribution is 9.10. The third kappa shape index (κ3) is 3.39. The van der Waals surface area contributed by atoms with E-state index in [0.29, 0.717) is 11.1 Å². The van der Waals surface area contributed by atoms with Crippen LogP contribution < -0.4 is 5.76 Å². The quantitative estimate of drug-likeness (QED) is 0.600. The maximum Gasteiger partial charge on any atom is 0.419 e. The minimum absolute atomic E-state index is 0.109. The Morgan fingerprint density at radius 1 is 1.20 bits per heavy atom. The molecule has 3 aromatic rings. The van der Waals surface area contributed by atoms with Crippen molar-refractivity contribution in [3.05, 3.63) is 68.1 Å². The van der Waals surface area contributed by atoms with Crippen molar-refractivity contribution < 1.29 is 22.4 Å². The summed E-state index contributed by atoms with van der Waals surface area (Å²) in [5.41, 5.74) is -0.0415. The van der Waals surface area contributed by atoms with Crippen LogP contribution in [-0.2, 0) is 19.6 Å². The van der Waals surface area contributed by atoms with E-state index in [1.54, 1.807) is 0 Å². The van der Waals surface area contributed by atoms with E-state index in [2.05, 4.69) is 15.9 Å². The van der Waals surface area contributed by atoms with E-state index in [9.17, 15) is 22.8 Å². The van der Waals surface area contributed by atoms with Gasteiger partial charge in [-0.2, -0.15) is 13.2 Å². The Kier molecular flexibility index (Phi) is 4.32. The molecule has 0 aliphatic heterocycles. The monoisotopic (exact) mass is 413 g/mol. The van der Waals surface area contributed by atoms with Gasteiger partial charge < -0.3 is 4.42 Å². The fourth-order valence-corrected chi connectivity index (χ4v) is 2.90. The maximum absolute atomic E-state index is 13.2. The molecule has 0 saturated heterocycles. The number of hydrogen-bond donors (Lipinski definition) is 0. The second-order valence-corrected chi connectivity index (χ2v) is 6.42. The van der Waals surface area contributed by atoms with Gasteiger partial charge >= 0.3 is 11.9 Å². The van der Waals surface area contributed by atoms with Crippen molar-refractivity contribution in [3.8, 4) is 0 Å². The minimum Gasteiger partial charge on any atom is -0.408 e. The van der Waals surface area contributed by atoms with Crippen LogP contribution in [0.5, 0.6) is 0 Å². The normalized spacial score (nSPS) is 11.9. The van der Waals surface area contributed by atoms with Gasteiger partial charge in [0.25, 0.3) is 0 Å². The number of fused-ring (bicyclic) bond motifs is 1. The molecule has 3 rings (SSSR count). The van der Waals surface area contributed by atoms with Crippen LogP contribution in [0.15, 0.2) is 50.1 Å². The summed E-state index contributed by atoms with van der Waals surface area (Å²) in [5.74, 6) is -1.06. The zero-order valence-corrected chi connectivity index (χ0v) is 14.4. The Morgan fingerprint density at radius 3 is 2.60 bits per heavy atom. The number of alkyl halides is 3. The Labute approximate surface area is 148 Å². The zero-order chi connectivity index (χ0) is 18.4. The number of aryl methyl sites for hydroxylation is 1. The highest BCUT2D eigenvalue weighted by Crippen LogP contribution is 2.34. The van der Waals surface area contributed by atoms with Crippen molar-refractivity contribution in [2.45, 2.75) is 12.6 Å². The van der Waals surface area contributed by atoms with Crippen LogP contribution in [0.1, 0.15) is 21.5 Å². The van der Waals surface area contributed by atoms with Gasteiger partial charge in [-0.25, -0.2) is 4.79 Å². The van der Waals surface area contributed by atoms with Crippen LogP contribution in [0, 0.1) is 0 Å². The summed E-state index contributed by atoms with van der Waals surface area (Å²) in [4.78, 5) is 23.9. The van der Waals surface area contributed by atoms with Crippen LogP contribution >= 0.6 is 15.9 Å². The molecular formula is C17H11BrF3NO3. The van der Waals surface area contributed by atoms with Gasteiger partial charge in [0.15, 0.2) is 11.4 Å². The van der Waals surface area contributed by atoms with Gasteiger partial charge in [0, 0.05) is 23.5 Å². The predicted molar refractivity (Wildman–Crippen MR) is 88.6 cm³/mol. The maximum atomic E-state index is 13.2. The van der Waals surface area contributed by atoms with Gasteiger partial charge in [-0.05, 0) is 35.9 Å². The molecule has 0 saturated carbocycles. The first-order valence-electron chi connectivity index (χ1n) is 7.15. The Bertz CT molecular complexity index is 1030. The number of nitrogens with zero attached hydrogens (tertiary/aromatic N) is 1. The average molecular weight is 414 g/mol. The molecule has 0 unspecified atom stereocenters. The van der Waals surface area contributed by atoms with Gasteiger partial charge in [-0.15, -0.1) is 0 Å². The fourth-order valence-electron chi connectivity index (χ4n) is 2.54. The second kappa shape index (κ2) is 6.18. The molecule has 25 heavy (non-hydrogen) atoms. The number of aromatic nitrogens is 1. The van der Waals surface area contributed by atoms with Crippen LogP contribution in [-0.4, -0.2) is 10.4 Å². The van der Waals surface area contributed by atoms with E-state index in [0.717, 1.165) is 6.07 Å². The van der Waals surface area contributed by atoms with Gasteiger partial charge in [0.1, 0.15) is 0 Å². The Hall–Kier alpha value is -2.35. The number of halogens is 4. The molecule has 2 aromatic carbocycles. The molecular weight excluding hydrogens is 403 g/mol. The van der Waals surface area contributed by atoms with Crippen molar-refractivity contribution in [2.75, 3.05) is 0 Å². The van der Waals surface area contributed by atoms with Crippen LogP contribution in [0.2, 0.25) is 0 Å². The number of ketones is 1. The molecule has 0 aliphatic rings. The summed E-state index contributed by atoms with van der Waals surface area (Å²) in [6, 6.07) is 8.01. The highest BCUT2D eigenvalue weighted by Gasteiger charge is 2.34. The van der Waals surface area contributed by atoms with Gasteiger partial charge in [0.2, 0.25) is 0 Å². The van der Waals surface area contributed by atoms with E-state index >= 15 is 0 Å². The van der Waals surface area contributed by atoms with E-state index in [4.69, 9.17) is 4.42 Å². The van der Waals surface area contributed by atoms with E-state index < -0.39 is 29.7 Å². The zero-order valence-electron chi connectivity index (χ0n) is 12.9. The molecule has 0 spiro atoms. The van der Waals surface area contributed by atoms with E-state index in [1.165, 1.54) is 41.9 Å². The number of rotatable bonds is 3. The minimum atomic E-state index is -4.56. The predicted octanol–water partition coefficient (Wildman–Crippen LogP) is 4.34. The van der Waals surface area contributed by atoms with Gasteiger partial charge in [0.05, 0.1) is 11.1 Å². The average Bonchev–Trinajstić information content (AvgIpc) is 2.82. The largest absolute Gasteiger partial charge is 0.419 e. The summed E-state index contributed by atoms with van der Waals surface area (Å²) in [7, 11) is 1.49. The molecule has 4 nitrogen and oxygen atoms in total. The van der Waals surface area contributed by atoms with Crippen LogP contribution in [0.3, 0.4) is 0 Å². The number of hydrogen-bond acceptors (Lipinski definition) is 3. The number of Topliss-reactive ketones (excluding diaryl/α,β-unsaturated/α-hetero) is 1. The summed E-state index contributed by atoms with van der Waals surface area (Å²) in [5, 5.41) is 0. The topological polar surface area (TPSA) is 52.2 Å². The molecule has 0 atom stereocenters. The number of carbonyl (C=O) groups excluding carboxylic acids is 1. The van der Waals surface area contributed by atoms with E-state index in [-0.39, 0.29) is 15.6 Å². The molecule has 0 amide bonds. The number of benzene rings is 2. The highest BCUT2D eigenvalue weighted by atomic mass is 79.9. The molecule has 0 radical (unpaired) electrons. The third-order valence-electron chi connectivity index (χ3n) is 3.84. The smallest absolute Gasteiger partial charge is 0.408 e. The summed E-state index contributed by atoms with van der Waals surface area (Å²) in [6.45, 7) is 0. The van der Waals surface area contributed by atoms with Crippen molar-refractivity contribution in [3.63, 3.8) is 0 Å². The summed E-state index contributed by atoms with van der Waals surface area (Å²) >= 11 is 3.01. The lowest BCUT2D eigenvalue weighted by Gasteiger charge is -2.13. The lowest BCUT2D eigenvalue weighted by Crippen LogP contribution is -2.13. The molecule has 0 N–H and O–H groups in total. The Morgan fingerprint density at radius 2 is 1.92 bits per heavy atom. The van der Waals surface area contributed by atoms with Crippen LogP contribution in [0.25, 0.3) is 11.1 Å². The number of carbonyl (C=O) groups is 1. The fraction of sp³-hybridized carbons (Fsp3) is 0.176. The van der Waals surface area contributed by atoms with Crippen LogP contribution in [0.4, 0.5) is 13.2 Å². The number of oxazole rings is 1. The van der Waals surface area contributed by atoms with Crippen molar-refractivity contribution in [1.29, 1.82) is 0 Å². The van der Waals surface area contributed by atoms with Crippen molar-refractivity contribution in [2.24, 2.45) is 7.05 Å². The third-order valence-corrected chi connectivity index (χ3v) is 4.33. The lowest BCUT2D eigenvalue weighted by molar-refractivity contribution is -0.138.